The molecule has 262 valence electrons. The molecule has 0 fully saturated rings. The molecule has 2 heterocycles. The molecule has 0 N–H and O–H groups in total. The van der Waals surface area contributed by atoms with E-state index >= 15 is 0 Å². The van der Waals surface area contributed by atoms with Gasteiger partial charge in [-0.1, -0.05) is 170 Å². The molecule has 0 bridgehead atoms. The van der Waals surface area contributed by atoms with Crippen molar-refractivity contribution in [2.75, 3.05) is 0 Å². The van der Waals surface area contributed by atoms with E-state index in [-0.39, 0.29) is 24.7 Å². The zero-order valence-electron chi connectivity index (χ0n) is 30.0. The monoisotopic (exact) mass is 708 g/mol. The lowest BCUT2D eigenvalue weighted by Crippen LogP contribution is -2.28. The molecule has 0 saturated heterocycles. The van der Waals surface area contributed by atoms with Crippen LogP contribution < -0.4 is 0 Å². The minimum atomic E-state index is -0.505. The highest BCUT2D eigenvalue weighted by Gasteiger charge is 2.47. The molecule has 4 nitrogen and oxygen atoms in total. The van der Waals surface area contributed by atoms with Crippen molar-refractivity contribution in [1.82, 2.24) is 0 Å². The highest BCUT2D eigenvalue weighted by Crippen LogP contribution is 2.59. The molecule has 0 saturated carbocycles. The molecule has 6 aromatic carbocycles. The molecule has 4 atom stereocenters. The summed E-state index contributed by atoms with van der Waals surface area (Å²) in [6.07, 6.45) is 15.4. The average Bonchev–Trinajstić information content (AvgIpc) is 3.98. The molecule has 2 aliphatic heterocycles. The minimum Gasteiger partial charge on any atom is -0.339 e. The van der Waals surface area contributed by atoms with Crippen molar-refractivity contribution in [3.8, 4) is 33.4 Å². The zero-order chi connectivity index (χ0) is 36.3. The van der Waals surface area contributed by atoms with Gasteiger partial charge in [-0.25, -0.2) is 0 Å². The highest BCUT2D eigenvalue weighted by atomic mass is 16.5. The van der Waals surface area contributed by atoms with Gasteiger partial charge in [-0.2, -0.15) is 0 Å². The largest absolute Gasteiger partial charge is 0.339 e. The van der Waals surface area contributed by atoms with Crippen LogP contribution in [-0.4, -0.2) is 23.6 Å². The Morgan fingerprint density at radius 3 is 1.51 bits per heavy atom. The van der Waals surface area contributed by atoms with Gasteiger partial charge in [0.05, 0.1) is 16.8 Å². The van der Waals surface area contributed by atoms with E-state index in [0.717, 1.165) is 33.7 Å². The fourth-order valence-corrected chi connectivity index (χ4v) is 9.12. The number of nitrogens with zero attached hydrogens (tertiary/aromatic N) is 2. The number of hydrogen-bond acceptors (Lipinski definition) is 4. The molecule has 5 aliphatic rings. The molecule has 0 radical (unpaired) electrons. The Kier molecular flexibility index (Phi) is 7.48. The van der Waals surface area contributed by atoms with Crippen LogP contribution in [0.4, 0.5) is 0 Å². The number of fused-ring (bicyclic) bond motifs is 5. The van der Waals surface area contributed by atoms with Crippen LogP contribution in [0.1, 0.15) is 45.8 Å². The van der Waals surface area contributed by atoms with Crippen molar-refractivity contribution < 1.29 is 9.47 Å². The van der Waals surface area contributed by atoms with Crippen molar-refractivity contribution in [1.29, 1.82) is 0 Å². The Bertz CT molecular complexity index is 2610. The Hall–Kier alpha value is -6.46. The van der Waals surface area contributed by atoms with Crippen LogP contribution in [0.15, 0.2) is 204 Å². The fraction of sp³-hybridized carbons (Fsp3) is 0.0980. The number of aliphatic imine (C=N–C) groups is 2. The number of rotatable bonds is 6. The van der Waals surface area contributed by atoms with Gasteiger partial charge in [0, 0.05) is 11.1 Å². The number of benzene rings is 6. The van der Waals surface area contributed by atoms with Gasteiger partial charge < -0.3 is 9.47 Å². The van der Waals surface area contributed by atoms with Crippen molar-refractivity contribution in [2.45, 2.75) is 30.1 Å². The molecule has 0 spiro atoms. The highest BCUT2D eigenvalue weighted by molar-refractivity contribution is 6.04. The standard InChI is InChI=1S/C51H36N2O2/c1-3-13-37(14-4-1)51(38-15-5-2-6-16-38)41-18-8-7-17-40(41)48-42(51)32-31-39(33-23-27-35(28-24-33)49-52-43-19-9-11-21-45(43)54-49)47(48)34-25-29-36(30-26-34)50-53-44-20-10-12-22-46(44)55-50/h1-32,45-46,49-50H. The van der Waals surface area contributed by atoms with Crippen LogP contribution in [0.3, 0.4) is 0 Å². The lowest BCUT2D eigenvalue weighted by atomic mass is 9.67. The summed E-state index contributed by atoms with van der Waals surface area (Å²) >= 11 is 0. The maximum Gasteiger partial charge on any atom is 0.175 e. The third-order valence-corrected chi connectivity index (χ3v) is 11.6. The van der Waals surface area contributed by atoms with Crippen molar-refractivity contribution >= 4 is 11.4 Å². The third kappa shape index (κ3) is 5.06. The van der Waals surface area contributed by atoms with E-state index in [9.17, 15) is 0 Å². The molecular formula is C51H36N2O2. The van der Waals surface area contributed by atoms with Crippen LogP contribution in [0.25, 0.3) is 33.4 Å². The second kappa shape index (κ2) is 12.8. The maximum atomic E-state index is 6.35. The Morgan fingerprint density at radius 2 is 0.945 bits per heavy atom. The number of allylic oxidation sites excluding steroid dienone is 4. The summed E-state index contributed by atoms with van der Waals surface area (Å²) in [5.41, 5.74) is 15.7. The Balaban J connectivity index is 1.11. The summed E-state index contributed by atoms with van der Waals surface area (Å²) in [6.45, 7) is 0. The van der Waals surface area contributed by atoms with Gasteiger partial charge in [0.15, 0.2) is 12.5 Å². The topological polar surface area (TPSA) is 43.2 Å². The van der Waals surface area contributed by atoms with Crippen molar-refractivity contribution in [2.24, 2.45) is 9.98 Å². The first-order chi connectivity index (χ1) is 27.3. The summed E-state index contributed by atoms with van der Waals surface area (Å²) in [5, 5.41) is 0. The van der Waals surface area contributed by atoms with Gasteiger partial charge in [0.1, 0.15) is 12.2 Å². The summed E-state index contributed by atoms with van der Waals surface area (Å²) < 4.78 is 12.7. The first-order valence-corrected chi connectivity index (χ1v) is 19.0. The van der Waals surface area contributed by atoms with Gasteiger partial charge in [-0.3, -0.25) is 9.98 Å². The lowest BCUT2D eigenvalue weighted by Gasteiger charge is -2.34. The van der Waals surface area contributed by atoms with Crippen LogP contribution >= 0.6 is 0 Å². The molecule has 4 heteroatoms. The molecule has 4 unspecified atom stereocenters. The van der Waals surface area contributed by atoms with Gasteiger partial charge in [-0.15, -0.1) is 0 Å². The molecule has 11 rings (SSSR count). The smallest absolute Gasteiger partial charge is 0.175 e. The molecule has 0 amide bonds. The van der Waals surface area contributed by atoms with E-state index in [1.54, 1.807) is 0 Å². The normalized spacial score (nSPS) is 22.1. The summed E-state index contributed by atoms with van der Waals surface area (Å²) in [7, 11) is 0. The predicted octanol–water partition coefficient (Wildman–Crippen LogP) is 11.3. The van der Waals surface area contributed by atoms with E-state index in [0.29, 0.717) is 0 Å². The Labute approximate surface area is 320 Å². The third-order valence-electron chi connectivity index (χ3n) is 11.6. The van der Waals surface area contributed by atoms with E-state index in [1.807, 2.05) is 36.5 Å². The molecule has 0 aromatic heterocycles. The summed E-state index contributed by atoms with van der Waals surface area (Å²) in [5.74, 6) is 0. The van der Waals surface area contributed by atoms with Crippen LogP contribution in [0, 0.1) is 0 Å². The first kappa shape index (κ1) is 32.0. The van der Waals surface area contributed by atoms with Crippen LogP contribution in [0.5, 0.6) is 0 Å². The minimum absolute atomic E-state index is 0.0893. The van der Waals surface area contributed by atoms with Gasteiger partial charge >= 0.3 is 0 Å². The lowest BCUT2D eigenvalue weighted by molar-refractivity contribution is 0.0732. The maximum absolute atomic E-state index is 6.35. The van der Waals surface area contributed by atoms with Crippen molar-refractivity contribution in [3.63, 3.8) is 0 Å². The molecule has 6 aromatic rings. The molecular weight excluding hydrogens is 673 g/mol. The van der Waals surface area contributed by atoms with Gasteiger partial charge in [0.25, 0.3) is 0 Å². The first-order valence-electron chi connectivity index (χ1n) is 19.0. The van der Waals surface area contributed by atoms with Gasteiger partial charge in [0.2, 0.25) is 0 Å². The quantitative estimate of drug-likeness (QED) is 0.173. The average molecular weight is 709 g/mol. The van der Waals surface area contributed by atoms with Crippen molar-refractivity contribution in [3.05, 3.63) is 228 Å². The SMILES string of the molecule is C1=CC2=NC(c3ccc(-c4ccc5c(c4-c4ccc(C6N=C7C=CC=CC7O6)cc4)-c4ccccc4C5(c4ccccc4)c4ccccc4)cc3)OC2C=C1. The number of ether oxygens (including phenoxy) is 2. The van der Waals surface area contributed by atoms with E-state index < -0.39 is 5.41 Å². The second-order valence-electron chi connectivity index (χ2n) is 14.6. The zero-order valence-corrected chi connectivity index (χ0v) is 30.0. The molecule has 3 aliphatic carbocycles. The van der Waals surface area contributed by atoms with Gasteiger partial charge in [-0.05, 0) is 79.9 Å². The number of hydrogen-bond donors (Lipinski definition) is 0. The van der Waals surface area contributed by atoms with Crippen LogP contribution in [-0.2, 0) is 14.9 Å². The molecule has 55 heavy (non-hydrogen) atoms. The Morgan fingerprint density at radius 1 is 0.418 bits per heavy atom. The predicted molar refractivity (Wildman–Crippen MR) is 221 cm³/mol. The summed E-state index contributed by atoms with van der Waals surface area (Å²) in [4.78, 5) is 9.80. The van der Waals surface area contributed by atoms with E-state index in [1.165, 1.54) is 44.5 Å². The van der Waals surface area contributed by atoms with E-state index in [2.05, 4.69) is 158 Å². The fourth-order valence-electron chi connectivity index (χ4n) is 9.12. The summed E-state index contributed by atoms with van der Waals surface area (Å²) in [6, 6.07) is 53.3. The second-order valence-corrected chi connectivity index (χ2v) is 14.6. The van der Waals surface area contributed by atoms with E-state index in [4.69, 9.17) is 19.5 Å². The van der Waals surface area contributed by atoms with Crippen LogP contribution in [0.2, 0.25) is 0 Å².